The molecule has 0 saturated heterocycles. The standard InChI is InChI=1S/C25H23Cl2N3O5/c26-17-7-9-18(10-8-17)29-30-24(33)23(32)28-19(14-22(31)25(34)35)12-15-6-11-20(21(27)13-15)16-4-2-1-3-5-16/h1-11,13,19,22,29,31H,12,14H2,(H,28,32)(H,30,33)(H,34,35)/t19-,22-/m1/s1. The number of amides is 2. The first-order valence-corrected chi connectivity index (χ1v) is 11.4. The molecule has 0 spiro atoms. The number of aliphatic hydroxyl groups is 1. The number of aliphatic hydroxyl groups excluding tert-OH is 1. The Morgan fingerprint density at radius 3 is 2.20 bits per heavy atom. The van der Waals surface area contributed by atoms with Crippen molar-refractivity contribution in [3.05, 3.63) is 88.4 Å². The number of carboxylic acids is 1. The maximum atomic E-state index is 12.4. The van der Waals surface area contributed by atoms with Gasteiger partial charge in [-0.25, -0.2) is 4.79 Å². The Morgan fingerprint density at radius 2 is 1.57 bits per heavy atom. The fourth-order valence-corrected chi connectivity index (χ4v) is 3.79. The molecule has 2 atom stereocenters. The molecular weight excluding hydrogens is 493 g/mol. The summed E-state index contributed by atoms with van der Waals surface area (Å²) in [5, 5.41) is 22.4. The number of hydrogen-bond acceptors (Lipinski definition) is 5. The average Bonchev–Trinajstić information content (AvgIpc) is 2.84. The molecule has 3 rings (SSSR count). The molecule has 0 heterocycles. The van der Waals surface area contributed by atoms with Crippen LogP contribution in [-0.2, 0) is 20.8 Å². The molecule has 10 heteroatoms. The second-order valence-corrected chi connectivity index (χ2v) is 8.57. The van der Waals surface area contributed by atoms with Crippen molar-refractivity contribution >= 4 is 46.7 Å². The van der Waals surface area contributed by atoms with Crippen LogP contribution in [0.5, 0.6) is 0 Å². The van der Waals surface area contributed by atoms with Crippen LogP contribution in [0.4, 0.5) is 5.69 Å². The van der Waals surface area contributed by atoms with E-state index in [1.54, 1.807) is 36.4 Å². The lowest BCUT2D eigenvalue weighted by Gasteiger charge is -2.21. The molecule has 35 heavy (non-hydrogen) atoms. The van der Waals surface area contributed by atoms with Crippen LogP contribution in [-0.4, -0.2) is 40.1 Å². The van der Waals surface area contributed by atoms with Gasteiger partial charge in [-0.05, 0) is 47.9 Å². The molecule has 0 aromatic heterocycles. The molecule has 3 aromatic rings. The molecule has 182 valence electrons. The Hall–Kier alpha value is -3.59. The monoisotopic (exact) mass is 515 g/mol. The summed E-state index contributed by atoms with van der Waals surface area (Å²) < 4.78 is 0. The fraction of sp³-hybridized carbons (Fsp3) is 0.160. The first-order chi connectivity index (χ1) is 16.7. The summed E-state index contributed by atoms with van der Waals surface area (Å²) in [6.07, 6.45) is -1.89. The normalized spacial score (nSPS) is 12.3. The third-order valence-electron chi connectivity index (χ3n) is 5.10. The SMILES string of the molecule is O=C(NNc1ccc(Cl)cc1)C(=O)N[C@H](Cc1ccc(-c2ccccc2)c(Cl)c1)C[C@@H](O)C(=O)O. The molecule has 8 nitrogen and oxygen atoms in total. The summed E-state index contributed by atoms with van der Waals surface area (Å²) in [4.78, 5) is 35.8. The molecule has 2 amide bonds. The van der Waals surface area contributed by atoms with Crippen molar-refractivity contribution in [2.24, 2.45) is 0 Å². The number of nitrogens with one attached hydrogen (secondary N) is 3. The van der Waals surface area contributed by atoms with Gasteiger partial charge in [0.25, 0.3) is 0 Å². The minimum Gasteiger partial charge on any atom is -0.479 e. The summed E-state index contributed by atoms with van der Waals surface area (Å²) in [5.41, 5.74) is 7.78. The molecule has 0 saturated carbocycles. The number of benzene rings is 3. The van der Waals surface area contributed by atoms with E-state index in [-0.39, 0.29) is 12.8 Å². The van der Waals surface area contributed by atoms with Crippen LogP contribution in [0.15, 0.2) is 72.8 Å². The number of hydrogen-bond donors (Lipinski definition) is 5. The van der Waals surface area contributed by atoms with Crippen molar-refractivity contribution in [2.75, 3.05) is 5.43 Å². The molecular formula is C25H23Cl2N3O5. The van der Waals surface area contributed by atoms with Gasteiger partial charge in [0.1, 0.15) is 0 Å². The summed E-state index contributed by atoms with van der Waals surface area (Å²) in [5.74, 6) is -3.43. The van der Waals surface area contributed by atoms with Crippen molar-refractivity contribution in [2.45, 2.75) is 25.0 Å². The topological polar surface area (TPSA) is 128 Å². The minimum atomic E-state index is -1.73. The largest absolute Gasteiger partial charge is 0.479 e. The maximum Gasteiger partial charge on any atom is 0.332 e. The number of carboxylic acid groups (broad SMARTS) is 1. The van der Waals surface area contributed by atoms with Gasteiger partial charge in [0.05, 0.1) is 5.69 Å². The summed E-state index contributed by atoms with van der Waals surface area (Å²) >= 11 is 12.3. The lowest BCUT2D eigenvalue weighted by molar-refractivity contribution is -0.147. The highest BCUT2D eigenvalue weighted by atomic mass is 35.5. The highest BCUT2D eigenvalue weighted by Crippen LogP contribution is 2.29. The summed E-state index contributed by atoms with van der Waals surface area (Å²) in [7, 11) is 0. The number of halogens is 2. The number of anilines is 1. The van der Waals surface area contributed by atoms with Crippen LogP contribution in [0.3, 0.4) is 0 Å². The van der Waals surface area contributed by atoms with Crippen molar-refractivity contribution in [1.29, 1.82) is 0 Å². The van der Waals surface area contributed by atoms with Gasteiger partial charge >= 0.3 is 17.8 Å². The molecule has 0 unspecified atom stereocenters. The van der Waals surface area contributed by atoms with Gasteiger partial charge in [-0.1, -0.05) is 65.7 Å². The molecule has 0 bridgehead atoms. The zero-order valence-electron chi connectivity index (χ0n) is 18.4. The lowest BCUT2D eigenvalue weighted by atomic mass is 9.97. The number of carbonyl (C=O) groups excluding carboxylic acids is 2. The van der Waals surface area contributed by atoms with E-state index in [2.05, 4.69) is 16.2 Å². The maximum absolute atomic E-state index is 12.4. The van der Waals surface area contributed by atoms with Crippen LogP contribution in [0.1, 0.15) is 12.0 Å². The summed E-state index contributed by atoms with van der Waals surface area (Å²) in [6, 6.07) is 20.4. The Kier molecular flexibility index (Phi) is 9.08. The van der Waals surface area contributed by atoms with E-state index < -0.39 is 29.9 Å². The van der Waals surface area contributed by atoms with Crippen molar-refractivity contribution in [1.82, 2.24) is 10.7 Å². The van der Waals surface area contributed by atoms with Gasteiger partial charge in [0, 0.05) is 28.1 Å². The van der Waals surface area contributed by atoms with Crippen LogP contribution in [0, 0.1) is 0 Å². The van der Waals surface area contributed by atoms with Crippen LogP contribution < -0.4 is 16.2 Å². The predicted octanol–water partition coefficient (Wildman–Crippen LogP) is 3.67. The van der Waals surface area contributed by atoms with E-state index in [9.17, 15) is 19.5 Å². The Morgan fingerprint density at radius 1 is 0.886 bits per heavy atom. The second kappa shape index (κ2) is 12.2. The molecule has 3 aromatic carbocycles. The van der Waals surface area contributed by atoms with E-state index in [1.807, 2.05) is 36.4 Å². The third-order valence-corrected chi connectivity index (χ3v) is 5.66. The Labute approximate surface area is 211 Å². The molecule has 0 aliphatic carbocycles. The Balaban J connectivity index is 1.68. The van der Waals surface area contributed by atoms with Gasteiger partial charge in [-0.15, -0.1) is 0 Å². The lowest BCUT2D eigenvalue weighted by Crippen LogP contribution is -2.48. The van der Waals surface area contributed by atoms with Gasteiger partial charge in [0.2, 0.25) is 0 Å². The first-order valence-electron chi connectivity index (χ1n) is 10.6. The molecule has 0 radical (unpaired) electrons. The van der Waals surface area contributed by atoms with Crippen LogP contribution in [0.2, 0.25) is 10.0 Å². The smallest absolute Gasteiger partial charge is 0.332 e. The highest BCUT2D eigenvalue weighted by molar-refractivity contribution is 6.35. The van der Waals surface area contributed by atoms with E-state index in [0.29, 0.717) is 21.3 Å². The summed E-state index contributed by atoms with van der Waals surface area (Å²) in [6.45, 7) is 0. The molecule has 0 aliphatic rings. The van der Waals surface area contributed by atoms with Crippen molar-refractivity contribution in [3.8, 4) is 11.1 Å². The minimum absolute atomic E-state index is 0.142. The number of rotatable bonds is 9. The van der Waals surface area contributed by atoms with Gasteiger partial charge < -0.3 is 15.5 Å². The average molecular weight is 516 g/mol. The van der Waals surface area contributed by atoms with E-state index >= 15 is 0 Å². The zero-order chi connectivity index (χ0) is 25.4. The number of carbonyl (C=O) groups is 3. The first kappa shape index (κ1) is 26.0. The number of aliphatic carboxylic acids is 1. The van der Waals surface area contributed by atoms with Gasteiger partial charge in [-0.2, -0.15) is 0 Å². The fourth-order valence-electron chi connectivity index (χ4n) is 3.36. The van der Waals surface area contributed by atoms with Crippen LogP contribution in [0.25, 0.3) is 11.1 Å². The quantitative estimate of drug-likeness (QED) is 0.218. The van der Waals surface area contributed by atoms with E-state index in [0.717, 1.165) is 11.1 Å². The van der Waals surface area contributed by atoms with Gasteiger partial charge in [-0.3, -0.25) is 20.4 Å². The number of hydrazine groups is 1. The predicted molar refractivity (Wildman–Crippen MR) is 134 cm³/mol. The van der Waals surface area contributed by atoms with E-state index in [1.165, 1.54) is 0 Å². The third kappa shape index (κ3) is 7.71. The highest BCUT2D eigenvalue weighted by Gasteiger charge is 2.25. The van der Waals surface area contributed by atoms with Crippen molar-refractivity contribution < 1.29 is 24.6 Å². The van der Waals surface area contributed by atoms with E-state index in [4.69, 9.17) is 28.3 Å². The van der Waals surface area contributed by atoms with Crippen molar-refractivity contribution in [3.63, 3.8) is 0 Å². The molecule has 0 aliphatic heterocycles. The molecule has 0 fully saturated rings. The van der Waals surface area contributed by atoms with Gasteiger partial charge in [0.15, 0.2) is 6.10 Å². The zero-order valence-corrected chi connectivity index (χ0v) is 19.9. The Bertz CT molecular complexity index is 1190. The molecule has 5 N–H and O–H groups in total. The second-order valence-electron chi connectivity index (χ2n) is 7.73. The van der Waals surface area contributed by atoms with Crippen LogP contribution >= 0.6 is 23.2 Å².